The van der Waals surface area contributed by atoms with Crippen LogP contribution >= 0.6 is 27.3 Å². The second-order valence-electron chi connectivity index (χ2n) is 4.02. The van der Waals surface area contributed by atoms with Gasteiger partial charge in [-0.1, -0.05) is 6.92 Å². The van der Waals surface area contributed by atoms with Crippen LogP contribution in [0, 0.1) is 6.92 Å². The second-order valence-corrected chi connectivity index (χ2v) is 10.2. The van der Waals surface area contributed by atoms with Gasteiger partial charge in [-0.2, -0.15) is 0 Å². The molecule has 1 heterocycles. The van der Waals surface area contributed by atoms with E-state index in [0.717, 1.165) is 9.35 Å². The maximum atomic E-state index is 12.0. The molecule has 1 rings (SSSR count). The van der Waals surface area contributed by atoms with Crippen molar-refractivity contribution in [2.45, 2.75) is 29.7 Å². The monoisotopic (exact) mass is 373 g/mol. The predicted molar refractivity (Wildman–Crippen MR) is 80.1 cm³/mol. The average molecular weight is 374 g/mol. The zero-order valence-corrected chi connectivity index (χ0v) is 14.4. The summed E-state index contributed by atoms with van der Waals surface area (Å²) >= 11 is 4.50. The summed E-state index contributed by atoms with van der Waals surface area (Å²) in [6, 6.07) is 1.64. The summed E-state index contributed by atoms with van der Waals surface area (Å²) in [5, 5.41) is -0.00971. The van der Waals surface area contributed by atoms with Crippen LogP contribution in [0.2, 0.25) is 0 Å². The Bertz CT molecular complexity index is 519. The lowest BCUT2D eigenvalue weighted by Crippen LogP contribution is -2.27. The maximum Gasteiger partial charge on any atom is 0.250 e. The van der Waals surface area contributed by atoms with E-state index < -0.39 is 20.8 Å². The minimum Gasteiger partial charge on any atom is -0.260 e. The van der Waals surface area contributed by atoms with Crippen molar-refractivity contribution in [3.8, 4) is 0 Å². The van der Waals surface area contributed by atoms with E-state index in [1.165, 1.54) is 11.3 Å². The first kappa shape index (κ1) is 16.3. The molecule has 104 valence electrons. The Hall–Kier alpha value is 0.240. The van der Waals surface area contributed by atoms with E-state index in [1.54, 1.807) is 12.3 Å². The standard InChI is InChI=1S/C10H16BrNO3S3/c1-7-6-9(16-10(7)11)18(14,15)12-5-4-8(2)17(3)13/h6,8,12H,4-5H2,1-3H3. The van der Waals surface area contributed by atoms with Gasteiger partial charge < -0.3 is 0 Å². The van der Waals surface area contributed by atoms with Crippen LogP contribution in [0.15, 0.2) is 14.1 Å². The SMILES string of the molecule is Cc1cc(S(=O)(=O)NCCC(C)S(C)=O)sc1Br. The molecule has 2 atom stereocenters. The second kappa shape index (κ2) is 6.60. The molecular formula is C10H16BrNO3S3. The van der Waals surface area contributed by atoms with Gasteiger partial charge >= 0.3 is 0 Å². The van der Waals surface area contributed by atoms with Crippen molar-refractivity contribution in [3.05, 3.63) is 15.4 Å². The molecule has 2 unspecified atom stereocenters. The Morgan fingerprint density at radius 3 is 2.61 bits per heavy atom. The predicted octanol–water partition coefficient (Wildman–Crippen LogP) is 2.25. The van der Waals surface area contributed by atoms with Crippen molar-refractivity contribution < 1.29 is 12.6 Å². The molecule has 1 aromatic heterocycles. The highest BCUT2D eigenvalue weighted by atomic mass is 79.9. The number of thiophene rings is 1. The van der Waals surface area contributed by atoms with Crippen LogP contribution < -0.4 is 4.72 Å². The number of aryl methyl sites for hydroxylation is 1. The molecule has 0 radical (unpaired) electrons. The van der Waals surface area contributed by atoms with Crippen LogP contribution in [0.25, 0.3) is 0 Å². The van der Waals surface area contributed by atoms with E-state index in [0.29, 0.717) is 17.2 Å². The number of nitrogens with one attached hydrogen (secondary N) is 1. The van der Waals surface area contributed by atoms with Gasteiger partial charge in [0, 0.05) is 28.9 Å². The maximum absolute atomic E-state index is 12.0. The molecule has 4 nitrogen and oxygen atoms in total. The van der Waals surface area contributed by atoms with E-state index in [2.05, 4.69) is 20.7 Å². The van der Waals surface area contributed by atoms with Crippen LogP contribution in [0.4, 0.5) is 0 Å². The first-order chi connectivity index (χ1) is 8.24. The summed E-state index contributed by atoms with van der Waals surface area (Å²) in [6.45, 7) is 4.00. The Morgan fingerprint density at radius 1 is 1.56 bits per heavy atom. The third-order valence-electron chi connectivity index (χ3n) is 2.51. The van der Waals surface area contributed by atoms with E-state index in [1.807, 2.05) is 13.8 Å². The summed E-state index contributed by atoms with van der Waals surface area (Å²) in [6.07, 6.45) is 2.19. The van der Waals surface area contributed by atoms with Gasteiger partial charge in [0.1, 0.15) is 4.21 Å². The molecule has 18 heavy (non-hydrogen) atoms. The number of halogens is 1. The summed E-state index contributed by atoms with van der Waals surface area (Å²) in [7, 11) is -4.37. The molecule has 0 spiro atoms. The third kappa shape index (κ3) is 4.41. The van der Waals surface area contributed by atoms with Gasteiger partial charge in [0.25, 0.3) is 0 Å². The van der Waals surface area contributed by atoms with Crippen LogP contribution in [0.3, 0.4) is 0 Å². The summed E-state index contributed by atoms with van der Waals surface area (Å²) < 4.78 is 38.7. The van der Waals surface area contributed by atoms with Gasteiger partial charge in [0.05, 0.1) is 3.79 Å². The number of rotatable bonds is 6. The largest absolute Gasteiger partial charge is 0.260 e. The smallest absolute Gasteiger partial charge is 0.250 e. The van der Waals surface area contributed by atoms with Gasteiger partial charge in [0.2, 0.25) is 10.0 Å². The fourth-order valence-corrected chi connectivity index (χ4v) is 4.97. The molecule has 8 heteroatoms. The van der Waals surface area contributed by atoms with Crippen LogP contribution in [0.5, 0.6) is 0 Å². The van der Waals surface area contributed by atoms with E-state index in [-0.39, 0.29) is 5.25 Å². The lowest BCUT2D eigenvalue weighted by atomic mass is 10.3. The van der Waals surface area contributed by atoms with Crippen LogP contribution in [-0.2, 0) is 20.8 Å². The zero-order chi connectivity index (χ0) is 13.9. The number of hydrogen-bond donors (Lipinski definition) is 1. The van der Waals surface area contributed by atoms with Crippen molar-refractivity contribution in [1.82, 2.24) is 4.72 Å². The summed E-state index contributed by atoms with van der Waals surface area (Å²) in [5.74, 6) is 0. The van der Waals surface area contributed by atoms with Crippen molar-refractivity contribution >= 4 is 48.1 Å². The molecule has 0 saturated carbocycles. The fourth-order valence-electron chi connectivity index (χ4n) is 1.20. The molecule has 0 aromatic carbocycles. The van der Waals surface area contributed by atoms with Crippen LogP contribution in [-0.4, -0.2) is 30.7 Å². The molecule has 0 aliphatic heterocycles. The quantitative estimate of drug-likeness (QED) is 0.831. The molecule has 0 fully saturated rings. The highest BCUT2D eigenvalue weighted by molar-refractivity contribution is 9.11. The van der Waals surface area contributed by atoms with Gasteiger partial charge in [-0.15, -0.1) is 11.3 Å². The van der Waals surface area contributed by atoms with Gasteiger partial charge in [0.15, 0.2) is 0 Å². The Morgan fingerprint density at radius 2 is 2.17 bits per heavy atom. The highest BCUT2D eigenvalue weighted by Crippen LogP contribution is 2.30. The topological polar surface area (TPSA) is 63.2 Å². The first-order valence-corrected chi connectivity index (χ1v) is 10.0. The number of hydrogen-bond acceptors (Lipinski definition) is 4. The van der Waals surface area contributed by atoms with Crippen LogP contribution in [0.1, 0.15) is 18.9 Å². The van der Waals surface area contributed by atoms with Crippen molar-refractivity contribution in [3.63, 3.8) is 0 Å². The summed E-state index contributed by atoms with van der Waals surface area (Å²) in [5.41, 5.74) is 0.906. The van der Waals surface area contributed by atoms with Crippen molar-refractivity contribution in [2.75, 3.05) is 12.8 Å². The molecule has 0 aliphatic carbocycles. The average Bonchev–Trinajstić information content (AvgIpc) is 2.59. The fraction of sp³-hybridized carbons (Fsp3) is 0.600. The number of sulfonamides is 1. The van der Waals surface area contributed by atoms with Gasteiger partial charge in [-0.25, -0.2) is 13.1 Å². The van der Waals surface area contributed by atoms with E-state index in [9.17, 15) is 12.6 Å². The normalized spacial score (nSPS) is 15.6. The molecule has 1 N–H and O–H groups in total. The zero-order valence-electron chi connectivity index (χ0n) is 10.4. The van der Waals surface area contributed by atoms with E-state index >= 15 is 0 Å². The minimum atomic E-state index is -3.44. The Labute approximate surface area is 123 Å². The van der Waals surface area contributed by atoms with Crippen molar-refractivity contribution in [2.24, 2.45) is 0 Å². The molecule has 0 saturated heterocycles. The first-order valence-electron chi connectivity index (χ1n) is 5.32. The molecular weight excluding hydrogens is 358 g/mol. The molecule has 0 bridgehead atoms. The van der Waals surface area contributed by atoms with Gasteiger partial charge in [-0.3, -0.25) is 4.21 Å². The summed E-state index contributed by atoms with van der Waals surface area (Å²) in [4.78, 5) is 0. The third-order valence-corrected chi connectivity index (χ3v) is 7.95. The van der Waals surface area contributed by atoms with Crippen molar-refractivity contribution in [1.29, 1.82) is 0 Å². The Kier molecular flexibility index (Phi) is 5.98. The minimum absolute atomic E-state index is 0.00971. The lowest BCUT2D eigenvalue weighted by molar-refractivity contribution is 0.580. The van der Waals surface area contributed by atoms with E-state index in [4.69, 9.17) is 0 Å². The lowest BCUT2D eigenvalue weighted by Gasteiger charge is -2.08. The highest BCUT2D eigenvalue weighted by Gasteiger charge is 2.18. The molecule has 1 aromatic rings. The molecule has 0 amide bonds. The van der Waals surface area contributed by atoms with Gasteiger partial charge in [-0.05, 0) is 40.9 Å². The Balaban J connectivity index is 2.63. The molecule has 0 aliphatic rings.